The van der Waals surface area contributed by atoms with Crippen molar-refractivity contribution in [3.05, 3.63) is 46.2 Å². The van der Waals surface area contributed by atoms with Gasteiger partial charge >= 0.3 is 0 Å². The summed E-state index contributed by atoms with van der Waals surface area (Å²) in [6, 6.07) is 4.37. The van der Waals surface area contributed by atoms with Gasteiger partial charge in [-0.3, -0.25) is 10.1 Å². The van der Waals surface area contributed by atoms with Crippen LogP contribution < -0.4 is 11.1 Å². The van der Waals surface area contributed by atoms with Gasteiger partial charge in [0.15, 0.2) is 5.13 Å². The molecule has 0 atom stereocenters. The van der Waals surface area contributed by atoms with Crippen LogP contribution in [0.2, 0.25) is 0 Å². The Labute approximate surface area is 119 Å². The van der Waals surface area contributed by atoms with Gasteiger partial charge in [0.25, 0.3) is 5.91 Å². The molecule has 102 valence electrons. The Bertz CT molecular complexity index is 700. The first kappa shape index (κ1) is 14.2. The van der Waals surface area contributed by atoms with Crippen LogP contribution in [0.3, 0.4) is 0 Å². The van der Waals surface area contributed by atoms with Gasteiger partial charge in [0.05, 0.1) is 23.2 Å². The molecule has 0 bridgehead atoms. The summed E-state index contributed by atoms with van der Waals surface area (Å²) < 4.78 is 13.6. The maximum atomic E-state index is 13.6. The van der Waals surface area contributed by atoms with Crippen molar-refractivity contribution in [1.29, 1.82) is 0 Å². The van der Waals surface area contributed by atoms with Gasteiger partial charge in [-0.25, -0.2) is 9.37 Å². The highest BCUT2D eigenvalue weighted by Gasteiger charge is 2.13. The van der Waals surface area contributed by atoms with E-state index in [1.165, 1.54) is 29.7 Å². The Morgan fingerprint density at radius 1 is 1.55 bits per heavy atom. The Morgan fingerprint density at radius 3 is 3.10 bits per heavy atom. The molecule has 0 fully saturated rings. The van der Waals surface area contributed by atoms with Gasteiger partial charge in [0.2, 0.25) is 0 Å². The number of aromatic nitrogens is 1. The number of carbonyl (C=O) groups is 1. The van der Waals surface area contributed by atoms with E-state index in [4.69, 9.17) is 5.73 Å². The van der Waals surface area contributed by atoms with Crippen LogP contribution in [-0.4, -0.2) is 17.4 Å². The normalized spacial score (nSPS) is 9.75. The lowest BCUT2D eigenvalue weighted by Gasteiger charge is -2.04. The quantitative estimate of drug-likeness (QED) is 0.832. The molecule has 6 heteroatoms. The average molecular weight is 289 g/mol. The number of carbonyl (C=O) groups excluding carboxylic acids is 1. The number of thiazole rings is 1. The molecule has 0 spiro atoms. The zero-order valence-corrected chi connectivity index (χ0v) is 11.6. The largest absolute Gasteiger partial charge is 0.320 e. The molecule has 1 aromatic carbocycles. The summed E-state index contributed by atoms with van der Waals surface area (Å²) in [4.78, 5) is 16.7. The number of hydrogen-bond acceptors (Lipinski definition) is 4. The Hall–Kier alpha value is -2.23. The summed E-state index contributed by atoms with van der Waals surface area (Å²) in [5, 5.41) is 2.92. The second-order valence-electron chi connectivity index (χ2n) is 3.97. The molecule has 0 aliphatic rings. The van der Waals surface area contributed by atoms with Gasteiger partial charge in [-0.2, -0.15) is 0 Å². The zero-order valence-electron chi connectivity index (χ0n) is 10.7. The average Bonchev–Trinajstić information content (AvgIpc) is 2.86. The Morgan fingerprint density at radius 2 is 2.35 bits per heavy atom. The molecule has 1 amide bonds. The Kier molecular flexibility index (Phi) is 4.45. The van der Waals surface area contributed by atoms with Crippen molar-refractivity contribution < 1.29 is 9.18 Å². The van der Waals surface area contributed by atoms with Crippen molar-refractivity contribution >= 4 is 22.4 Å². The third-order valence-electron chi connectivity index (χ3n) is 2.41. The van der Waals surface area contributed by atoms with Crippen LogP contribution in [0.1, 0.15) is 20.8 Å². The van der Waals surface area contributed by atoms with Crippen molar-refractivity contribution in [3.8, 4) is 11.8 Å². The molecule has 2 aromatic rings. The summed E-state index contributed by atoms with van der Waals surface area (Å²) in [7, 11) is 0. The topological polar surface area (TPSA) is 68.0 Å². The van der Waals surface area contributed by atoms with E-state index in [2.05, 4.69) is 22.1 Å². The standard InChI is InChI=1S/C14H12FN3OS/c1-9-4-5-12(15)11(7-9)13(19)18-14-17-8-10(20-14)3-2-6-16/h4-5,7-8H,6,16H2,1H3,(H,17,18,19). The van der Waals surface area contributed by atoms with Gasteiger partial charge < -0.3 is 5.73 Å². The molecule has 1 aromatic heterocycles. The van der Waals surface area contributed by atoms with Crippen LogP contribution in [0.4, 0.5) is 9.52 Å². The minimum atomic E-state index is -0.562. The minimum Gasteiger partial charge on any atom is -0.320 e. The third-order valence-corrected chi connectivity index (χ3v) is 3.23. The number of amides is 1. The first-order valence-electron chi connectivity index (χ1n) is 5.82. The molecule has 20 heavy (non-hydrogen) atoms. The number of halogens is 1. The van der Waals surface area contributed by atoms with Crippen molar-refractivity contribution in [2.75, 3.05) is 11.9 Å². The van der Waals surface area contributed by atoms with Crippen molar-refractivity contribution in [2.24, 2.45) is 5.73 Å². The van der Waals surface area contributed by atoms with Gasteiger partial charge in [0.1, 0.15) is 5.82 Å². The first-order chi connectivity index (χ1) is 9.60. The summed E-state index contributed by atoms with van der Waals surface area (Å²) in [5.41, 5.74) is 6.08. The smallest absolute Gasteiger partial charge is 0.260 e. The molecule has 0 aliphatic heterocycles. The van der Waals surface area contributed by atoms with Gasteiger partial charge in [0, 0.05) is 0 Å². The predicted octanol–water partition coefficient (Wildman–Crippen LogP) is 2.15. The van der Waals surface area contributed by atoms with E-state index in [1.807, 2.05) is 0 Å². The molecule has 0 unspecified atom stereocenters. The number of rotatable bonds is 2. The number of nitrogens with zero attached hydrogens (tertiary/aromatic N) is 1. The molecule has 3 N–H and O–H groups in total. The minimum absolute atomic E-state index is 0.00482. The van der Waals surface area contributed by atoms with Crippen LogP contribution in [0.25, 0.3) is 0 Å². The number of aryl methyl sites for hydroxylation is 1. The lowest BCUT2D eigenvalue weighted by molar-refractivity contribution is 0.102. The van der Waals surface area contributed by atoms with Crippen LogP contribution in [0, 0.1) is 24.6 Å². The highest BCUT2D eigenvalue weighted by Crippen LogP contribution is 2.19. The zero-order chi connectivity index (χ0) is 14.5. The lowest BCUT2D eigenvalue weighted by atomic mass is 10.1. The molecule has 0 radical (unpaired) electrons. The van der Waals surface area contributed by atoms with E-state index in [-0.39, 0.29) is 12.1 Å². The number of nitrogens with one attached hydrogen (secondary N) is 1. The van der Waals surface area contributed by atoms with E-state index in [0.717, 1.165) is 5.56 Å². The fourth-order valence-electron chi connectivity index (χ4n) is 1.51. The Balaban J connectivity index is 2.15. The van der Waals surface area contributed by atoms with Crippen LogP contribution in [0.15, 0.2) is 24.4 Å². The van der Waals surface area contributed by atoms with E-state index in [0.29, 0.717) is 10.0 Å². The molecule has 0 saturated carbocycles. The number of hydrogen-bond donors (Lipinski definition) is 2. The summed E-state index contributed by atoms with van der Waals surface area (Å²) in [6.07, 6.45) is 1.54. The SMILES string of the molecule is Cc1ccc(F)c(C(=O)Nc2ncc(C#CCN)s2)c1. The number of anilines is 1. The van der Waals surface area contributed by atoms with Gasteiger partial charge in [-0.15, -0.1) is 0 Å². The molecular weight excluding hydrogens is 277 g/mol. The summed E-state index contributed by atoms with van der Waals surface area (Å²) >= 11 is 1.21. The lowest BCUT2D eigenvalue weighted by Crippen LogP contribution is -2.13. The van der Waals surface area contributed by atoms with Crippen molar-refractivity contribution in [2.45, 2.75) is 6.92 Å². The third kappa shape index (κ3) is 3.41. The van der Waals surface area contributed by atoms with Gasteiger partial charge in [-0.1, -0.05) is 34.8 Å². The molecule has 4 nitrogen and oxygen atoms in total. The fourth-order valence-corrected chi connectivity index (χ4v) is 2.19. The van der Waals surface area contributed by atoms with E-state index >= 15 is 0 Å². The van der Waals surface area contributed by atoms with Crippen molar-refractivity contribution in [1.82, 2.24) is 4.98 Å². The summed E-state index contributed by atoms with van der Waals surface area (Å²) in [5.74, 6) is 4.42. The highest BCUT2D eigenvalue weighted by molar-refractivity contribution is 7.16. The highest BCUT2D eigenvalue weighted by atomic mass is 32.1. The molecule has 2 rings (SSSR count). The predicted molar refractivity (Wildman–Crippen MR) is 77.1 cm³/mol. The van der Waals surface area contributed by atoms with Crippen LogP contribution in [-0.2, 0) is 0 Å². The van der Waals surface area contributed by atoms with Crippen LogP contribution >= 0.6 is 11.3 Å². The van der Waals surface area contributed by atoms with Crippen molar-refractivity contribution in [3.63, 3.8) is 0 Å². The maximum absolute atomic E-state index is 13.6. The second kappa shape index (κ2) is 6.28. The fraction of sp³-hybridized carbons (Fsp3) is 0.143. The molecule has 0 aliphatic carbocycles. The van der Waals surface area contributed by atoms with E-state index in [9.17, 15) is 9.18 Å². The first-order valence-corrected chi connectivity index (χ1v) is 6.64. The second-order valence-corrected chi connectivity index (χ2v) is 5.00. The molecule has 1 heterocycles. The van der Waals surface area contributed by atoms with Gasteiger partial charge in [-0.05, 0) is 19.1 Å². The van der Waals surface area contributed by atoms with Crippen LogP contribution in [0.5, 0.6) is 0 Å². The summed E-state index contributed by atoms with van der Waals surface area (Å²) in [6.45, 7) is 2.05. The van der Waals surface area contributed by atoms with E-state index in [1.54, 1.807) is 13.0 Å². The van der Waals surface area contributed by atoms with E-state index < -0.39 is 11.7 Å². The number of nitrogens with two attached hydrogens (primary N) is 1. The molecular formula is C14H12FN3OS. The number of benzene rings is 1. The molecule has 0 saturated heterocycles. The maximum Gasteiger partial charge on any atom is 0.260 e. The monoisotopic (exact) mass is 289 g/mol.